The molecule has 5 heterocycles. The van der Waals surface area contributed by atoms with Gasteiger partial charge in [0.15, 0.2) is 17.3 Å². The first kappa shape index (κ1) is 23.6. The van der Waals surface area contributed by atoms with Gasteiger partial charge in [-0.2, -0.15) is 10.2 Å². The topological polar surface area (TPSA) is 134 Å². The summed E-state index contributed by atoms with van der Waals surface area (Å²) in [6.07, 6.45) is 11.1. The molecule has 1 atom stereocenters. The molecule has 1 aromatic carbocycles. The molecule has 0 aliphatic heterocycles. The molecule has 202 valence electrons. The predicted octanol–water partition coefficient (Wildman–Crippen LogP) is 4.20. The summed E-state index contributed by atoms with van der Waals surface area (Å²) < 4.78 is 5.64. The van der Waals surface area contributed by atoms with Crippen LogP contribution in [0.4, 0.5) is 5.82 Å². The molecule has 0 unspecified atom stereocenters. The third-order valence-corrected chi connectivity index (χ3v) is 7.84. The number of pyridine rings is 2. The van der Waals surface area contributed by atoms with E-state index < -0.39 is 0 Å². The van der Waals surface area contributed by atoms with Crippen molar-refractivity contribution in [2.75, 3.05) is 5.73 Å². The molecule has 8 rings (SSSR count). The van der Waals surface area contributed by atoms with Gasteiger partial charge in [0.25, 0.3) is 5.91 Å². The average Bonchev–Trinajstić information content (AvgIpc) is 3.40. The number of nitrogens with two attached hydrogens (primary N) is 1. The highest BCUT2D eigenvalue weighted by atomic mass is 16.2. The Labute approximate surface area is 234 Å². The number of amides is 1. The molecule has 41 heavy (non-hydrogen) atoms. The first-order valence-electron chi connectivity index (χ1n) is 13.7. The van der Waals surface area contributed by atoms with Crippen molar-refractivity contribution >= 4 is 22.9 Å². The van der Waals surface area contributed by atoms with Crippen molar-refractivity contribution in [3.63, 3.8) is 0 Å². The predicted molar refractivity (Wildman–Crippen MR) is 153 cm³/mol. The van der Waals surface area contributed by atoms with E-state index in [9.17, 15) is 4.79 Å². The Balaban J connectivity index is 1.18. The van der Waals surface area contributed by atoms with Gasteiger partial charge in [0, 0.05) is 30.5 Å². The summed E-state index contributed by atoms with van der Waals surface area (Å²) in [5, 5.41) is 12.0. The normalized spacial score (nSPS) is 16.2. The van der Waals surface area contributed by atoms with E-state index in [1.165, 1.54) is 5.56 Å². The number of imidazole rings is 1. The summed E-state index contributed by atoms with van der Waals surface area (Å²) in [5.74, 6) is 1.59. The molecule has 0 radical (unpaired) electrons. The Morgan fingerprint density at radius 3 is 2.73 bits per heavy atom. The van der Waals surface area contributed by atoms with Crippen molar-refractivity contribution in [1.82, 2.24) is 44.4 Å². The fraction of sp³-hybridized carbons (Fsp3) is 0.200. The molecule has 3 N–H and O–H groups in total. The first-order valence-corrected chi connectivity index (χ1v) is 13.7. The number of nitrogen functional groups attached to an aromatic ring is 1. The van der Waals surface area contributed by atoms with Crippen LogP contribution in [0, 0.1) is 0 Å². The third-order valence-electron chi connectivity index (χ3n) is 7.84. The van der Waals surface area contributed by atoms with Crippen LogP contribution in [0.5, 0.6) is 0 Å². The number of benzene rings is 1. The van der Waals surface area contributed by atoms with E-state index in [0.29, 0.717) is 34.8 Å². The standard InChI is InChI=1S/C30H26N10O/c31-27-22(3-1-13-32-27)28-34-24-10-11-26(39-15-2-14-33-39)36-29(24)40(28)20-7-8-21-18(17-20)4-9-23(21)35-30(41)25-12-16-38(37-25)19-5-6-19/h1-3,7-8,10-17,19,23H,4-6,9H2,(H2,31,32)(H,35,41)/t23-/m0/s1. The average molecular weight is 543 g/mol. The van der Waals surface area contributed by atoms with Gasteiger partial charge in [-0.1, -0.05) is 6.07 Å². The number of hydrogen-bond donors (Lipinski definition) is 2. The number of carbonyl (C=O) groups excluding carboxylic acids is 1. The maximum absolute atomic E-state index is 13.0. The second-order valence-electron chi connectivity index (χ2n) is 10.5. The number of fused-ring (bicyclic) bond motifs is 2. The highest BCUT2D eigenvalue weighted by molar-refractivity contribution is 5.92. The molecular weight excluding hydrogens is 516 g/mol. The lowest BCUT2D eigenvalue weighted by Crippen LogP contribution is -2.27. The monoisotopic (exact) mass is 542 g/mol. The largest absolute Gasteiger partial charge is 0.383 e. The van der Waals surface area contributed by atoms with Gasteiger partial charge in [0.2, 0.25) is 0 Å². The maximum Gasteiger partial charge on any atom is 0.272 e. The molecule has 1 saturated carbocycles. The van der Waals surface area contributed by atoms with Crippen LogP contribution < -0.4 is 11.1 Å². The molecule has 0 saturated heterocycles. The Bertz CT molecular complexity index is 1930. The van der Waals surface area contributed by atoms with Crippen LogP contribution in [0.1, 0.15) is 53.0 Å². The fourth-order valence-corrected chi connectivity index (χ4v) is 5.64. The second kappa shape index (κ2) is 9.12. The quantitative estimate of drug-likeness (QED) is 0.322. The van der Waals surface area contributed by atoms with E-state index in [4.69, 9.17) is 15.7 Å². The minimum Gasteiger partial charge on any atom is -0.383 e. The van der Waals surface area contributed by atoms with Gasteiger partial charge in [-0.05, 0) is 85.3 Å². The molecule has 5 aromatic heterocycles. The molecule has 1 fully saturated rings. The van der Waals surface area contributed by atoms with Crippen molar-refractivity contribution < 1.29 is 4.79 Å². The highest BCUT2D eigenvalue weighted by Crippen LogP contribution is 2.36. The lowest BCUT2D eigenvalue weighted by atomic mass is 10.1. The molecule has 2 aliphatic carbocycles. The van der Waals surface area contributed by atoms with E-state index in [1.54, 1.807) is 23.1 Å². The Morgan fingerprint density at radius 1 is 0.976 bits per heavy atom. The minimum absolute atomic E-state index is 0.0739. The number of carbonyl (C=O) groups is 1. The lowest BCUT2D eigenvalue weighted by molar-refractivity contribution is 0.0931. The number of hydrogen-bond acceptors (Lipinski definition) is 7. The summed E-state index contributed by atoms with van der Waals surface area (Å²) in [5.41, 5.74) is 12.1. The molecule has 11 nitrogen and oxygen atoms in total. The second-order valence-corrected chi connectivity index (χ2v) is 10.5. The van der Waals surface area contributed by atoms with E-state index in [-0.39, 0.29) is 11.9 Å². The van der Waals surface area contributed by atoms with Crippen molar-refractivity contribution in [2.45, 2.75) is 37.8 Å². The summed E-state index contributed by atoms with van der Waals surface area (Å²) >= 11 is 0. The molecule has 2 aliphatic rings. The maximum atomic E-state index is 13.0. The fourth-order valence-electron chi connectivity index (χ4n) is 5.64. The van der Waals surface area contributed by atoms with Crippen LogP contribution in [-0.2, 0) is 6.42 Å². The van der Waals surface area contributed by atoms with E-state index in [0.717, 1.165) is 48.0 Å². The molecule has 1 amide bonds. The number of nitrogens with zero attached hydrogens (tertiary/aromatic N) is 8. The molecule has 11 heteroatoms. The van der Waals surface area contributed by atoms with Crippen LogP contribution in [0.2, 0.25) is 0 Å². The number of rotatable bonds is 6. The van der Waals surface area contributed by atoms with E-state index >= 15 is 0 Å². The van der Waals surface area contributed by atoms with Gasteiger partial charge in [-0.25, -0.2) is 19.6 Å². The van der Waals surface area contributed by atoms with Gasteiger partial charge in [0.1, 0.15) is 17.0 Å². The smallest absolute Gasteiger partial charge is 0.272 e. The zero-order valence-electron chi connectivity index (χ0n) is 22.1. The molecule has 0 spiro atoms. The summed E-state index contributed by atoms with van der Waals surface area (Å²) in [7, 11) is 0. The van der Waals surface area contributed by atoms with Gasteiger partial charge in [-0.3, -0.25) is 14.0 Å². The molecule has 6 aromatic rings. The molecular formula is C30H26N10O. The lowest BCUT2D eigenvalue weighted by Gasteiger charge is -2.15. The number of nitrogens with one attached hydrogen (secondary N) is 1. The SMILES string of the molecule is Nc1ncccc1-c1nc2ccc(-n3cccn3)nc2n1-c1ccc2c(c1)CC[C@@H]2NC(=O)c1ccn(C2CC2)n1. The van der Waals surface area contributed by atoms with Crippen molar-refractivity contribution in [2.24, 2.45) is 0 Å². The first-order chi connectivity index (χ1) is 20.1. The van der Waals surface area contributed by atoms with Gasteiger partial charge in [0.05, 0.1) is 17.6 Å². The number of aromatic nitrogens is 8. The van der Waals surface area contributed by atoms with Crippen LogP contribution in [0.25, 0.3) is 34.1 Å². The summed E-state index contributed by atoms with van der Waals surface area (Å²) in [6, 6.07) is 17.9. The Kier molecular flexibility index (Phi) is 5.24. The zero-order valence-corrected chi connectivity index (χ0v) is 22.1. The van der Waals surface area contributed by atoms with E-state index in [2.05, 4.69) is 32.6 Å². The Morgan fingerprint density at radius 2 is 1.90 bits per heavy atom. The van der Waals surface area contributed by atoms with Gasteiger partial charge >= 0.3 is 0 Å². The van der Waals surface area contributed by atoms with Crippen LogP contribution in [-0.4, -0.2) is 45.0 Å². The van der Waals surface area contributed by atoms with Crippen molar-refractivity contribution in [3.8, 4) is 22.9 Å². The zero-order chi connectivity index (χ0) is 27.5. The summed E-state index contributed by atoms with van der Waals surface area (Å²) in [4.78, 5) is 27.2. The Hall–Kier alpha value is -5.32. The van der Waals surface area contributed by atoms with E-state index in [1.807, 2.05) is 58.0 Å². The van der Waals surface area contributed by atoms with Crippen LogP contribution in [0.15, 0.2) is 79.4 Å². The van der Waals surface area contributed by atoms with Gasteiger partial charge in [-0.15, -0.1) is 0 Å². The van der Waals surface area contributed by atoms with Crippen LogP contribution >= 0.6 is 0 Å². The van der Waals surface area contributed by atoms with Crippen molar-refractivity contribution in [3.05, 3.63) is 96.2 Å². The van der Waals surface area contributed by atoms with Gasteiger partial charge < -0.3 is 11.1 Å². The van der Waals surface area contributed by atoms with Crippen molar-refractivity contribution in [1.29, 1.82) is 0 Å². The third kappa shape index (κ3) is 4.05. The molecule has 0 bridgehead atoms. The minimum atomic E-state index is -0.142. The summed E-state index contributed by atoms with van der Waals surface area (Å²) in [6.45, 7) is 0. The van der Waals surface area contributed by atoms with Crippen LogP contribution in [0.3, 0.4) is 0 Å². The number of aryl methyl sites for hydroxylation is 1. The number of anilines is 1. The highest BCUT2D eigenvalue weighted by Gasteiger charge is 2.28.